The van der Waals surface area contributed by atoms with Crippen LogP contribution in [0.4, 0.5) is 0 Å². The van der Waals surface area contributed by atoms with Crippen molar-refractivity contribution in [1.82, 2.24) is 9.97 Å². The first-order valence-electron chi connectivity index (χ1n) is 8.74. The number of benzene rings is 1. The largest absolute Gasteiger partial charge is 0.491 e. The molecule has 26 heavy (non-hydrogen) atoms. The van der Waals surface area contributed by atoms with Gasteiger partial charge >= 0.3 is 0 Å². The van der Waals surface area contributed by atoms with Crippen LogP contribution in [0.3, 0.4) is 0 Å². The van der Waals surface area contributed by atoms with E-state index in [0.717, 1.165) is 35.2 Å². The molecule has 0 bridgehead atoms. The number of thioether (sulfide) groups is 1. The van der Waals surface area contributed by atoms with Crippen LogP contribution in [0.1, 0.15) is 23.3 Å². The van der Waals surface area contributed by atoms with Crippen LogP contribution in [-0.4, -0.2) is 33.5 Å². The van der Waals surface area contributed by atoms with Gasteiger partial charge in [0, 0.05) is 10.6 Å². The minimum Gasteiger partial charge on any atom is -0.491 e. The molecule has 2 aromatic heterocycles. The molecule has 0 unspecified atom stereocenters. The highest BCUT2D eigenvalue weighted by molar-refractivity contribution is 7.99. The van der Waals surface area contributed by atoms with Gasteiger partial charge in [0.25, 0.3) is 5.56 Å². The van der Waals surface area contributed by atoms with Gasteiger partial charge in [-0.2, -0.15) is 0 Å². The summed E-state index contributed by atoms with van der Waals surface area (Å²) in [6, 6.07) is 9.40. The first kappa shape index (κ1) is 17.6. The number of aliphatic hydroxyl groups excluding tert-OH is 1. The fourth-order valence-electron chi connectivity index (χ4n) is 3.14. The SMILES string of the molecule is O=c1[nH]c(SC[C@@H](O)COc2ccccc2)nc2sc3c(c12)CCCC3. The van der Waals surface area contributed by atoms with Crippen molar-refractivity contribution in [3.63, 3.8) is 0 Å². The quantitative estimate of drug-likeness (QED) is 0.500. The number of hydrogen-bond acceptors (Lipinski definition) is 6. The maximum atomic E-state index is 12.5. The number of aromatic amines is 1. The van der Waals surface area contributed by atoms with Gasteiger partial charge in [-0.1, -0.05) is 30.0 Å². The summed E-state index contributed by atoms with van der Waals surface area (Å²) in [6.45, 7) is 0.205. The molecule has 136 valence electrons. The fourth-order valence-corrected chi connectivity index (χ4v) is 5.23. The third-order valence-corrected chi connectivity index (χ3v) is 6.61. The number of thiophene rings is 1. The molecule has 0 amide bonds. The normalized spacial score (nSPS) is 15.0. The molecule has 1 aliphatic rings. The molecule has 0 spiro atoms. The van der Waals surface area contributed by atoms with Crippen LogP contribution in [0.2, 0.25) is 0 Å². The van der Waals surface area contributed by atoms with Crippen molar-refractivity contribution < 1.29 is 9.84 Å². The summed E-state index contributed by atoms with van der Waals surface area (Å²) in [7, 11) is 0. The summed E-state index contributed by atoms with van der Waals surface area (Å²) in [4.78, 5) is 22.1. The van der Waals surface area contributed by atoms with Crippen molar-refractivity contribution in [3.8, 4) is 5.75 Å². The molecule has 0 radical (unpaired) electrons. The number of para-hydroxylation sites is 1. The second-order valence-electron chi connectivity index (χ2n) is 6.35. The highest BCUT2D eigenvalue weighted by Gasteiger charge is 2.20. The van der Waals surface area contributed by atoms with E-state index < -0.39 is 6.10 Å². The maximum absolute atomic E-state index is 12.5. The summed E-state index contributed by atoms with van der Waals surface area (Å²) in [5.41, 5.74) is 1.13. The summed E-state index contributed by atoms with van der Waals surface area (Å²) < 4.78 is 5.55. The summed E-state index contributed by atoms with van der Waals surface area (Å²) in [6.07, 6.45) is 3.71. The Kier molecular flexibility index (Phi) is 5.28. The van der Waals surface area contributed by atoms with Gasteiger partial charge in [-0.3, -0.25) is 4.79 Å². The molecule has 2 N–H and O–H groups in total. The monoisotopic (exact) mass is 388 g/mol. The Hall–Kier alpha value is -1.83. The van der Waals surface area contributed by atoms with Gasteiger partial charge in [-0.25, -0.2) is 4.98 Å². The topological polar surface area (TPSA) is 75.2 Å². The van der Waals surface area contributed by atoms with Crippen LogP contribution in [0.25, 0.3) is 10.2 Å². The Morgan fingerprint density at radius 2 is 2.08 bits per heavy atom. The number of aromatic nitrogens is 2. The Balaban J connectivity index is 1.42. The van der Waals surface area contributed by atoms with Crippen molar-refractivity contribution in [1.29, 1.82) is 0 Å². The zero-order valence-electron chi connectivity index (χ0n) is 14.2. The smallest absolute Gasteiger partial charge is 0.260 e. The summed E-state index contributed by atoms with van der Waals surface area (Å²) in [5.74, 6) is 1.14. The molecule has 4 rings (SSSR count). The lowest BCUT2D eigenvalue weighted by atomic mass is 9.97. The summed E-state index contributed by atoms with van der Waals surface area (Å²) >= 11 is 2.99. The first-order chi connectivity index (χ1) is 12.7. The highest BCUT2D eigenvalue weighted by Crippen LogP contribution is 2.34. The zero-order valence-corrected chi connectivity index (χ0v) is 15.9. The van der Waals surface area contributed by atoms with Crippen molar-refractivity contribution in [2.24, 2.45) is 0 Å². The van der Waals surface area contributed by atoms with Crippen LogP contribution in [-0.2, 0) is 12.8 Å². The van der Waals surface area contributed by atoms with Gasteiger partial charge in [-0.05, 0) is 43.4 Å². The van der Waals surface area contributed by atoms with Crippen molar-refractivity contribution in [3.05, 3.63) is 51.1 Å². The highest BCUT2D eigenvalue weighted by atomic mass is 32.2. The van der Waals surface area contributed by atoms with Crippen LogP contribution in [0.5, 0.6) is 5.75 Å². The standard InChI is InChI=1S/C19H20N2O3S2/c22-12(10-24-13-6-2-1-3-7-13)11-25-19-20-17(23)16-14-8-4-5-9-15(14)26-18(16)21-19/h1-3,6-7,12,22H,4-5,8-11H2,(H,20,21,23)/t12-/m0/s1. The van der Waals surface area contributed by atoms with E-state index in [9.17, 15) is 9.90 Å². The number of aliphatic hydroxyl groups is 1. The Morgan fingerprint density at radius 3 is 2.92 bits per heavy atom. The van der Waals surface area contributed by atoms with E-state index in [4.69, 9.17) is 4.74 Å². The van der Waals surface area contributed by atoms with Crippen LogP contribution >= 0.6 is 23.1 Å². The third kappa shape index (κ3) is 3.79. The van der Waals surface area contributed by atoms with Crippen LogP contribution < -0.4 is 10.3 Å². The molecule has 0 aliphatic heterocycles. The van der Waals surface area contributed by atoms with Crippen molar-refractivity contribution in [2.45, 2.75) is 36.9 Å². The Morgan fingerprint density at radius 1 is 1.27 bits per heavy atom. The number of H-pyrrole nitrogens is 1. The van der Waals surface area contributed by atoms with E-state index in [-0.39, 0.29) is 12.2 Å². The molecule has 2 heterocycles. The van der Waals surface area contributed by atoms with Gasteiger partial charge in [0.15, 0.2) is 5.16 Å². The average Bonchev–Trinajstić information content (AvgIpc) is 3.04. The van der Waals surface area contributed by atoms with Crippen LogP contribution in [0.15, 0.2) is 40.3 Å². The van der Waals surface area contributed by atoms with Gasteiger partial charge in [-0.15, -0.1) is 11.3 Å². The van der Waals surface area contributed by atoms with Crippen molar-refractivity contribution >= 4 is 33.3 Å². The second kappa shape index (κ2) is 7.82. The lowest BCUT2D eigenvalue weighted by Gasteiger charge is -2.11. The number of fused-ring (bicyclic) bond motifs is 3. The van der Waals surface area contributed by atoms with E-state index in [1.54, 1.807) is 11.3 Å². The molecular weight excluding hydrogens is 368 g/mol. The number of ether oxygens (including phenoxy) is 1. The van der Waals surface area contributed by atoms with E-state index in [0.29, 0.717) is 10.9 Å². The van der Waals surface area contributed by atoms with Gasteiger partial charge < -0.3 is 14.8 Å². The summed E-state index contributed by atoms with van der Waals surface area (Å²) in [5, 5.41) is 11.4. The number of nitrogens with one attached hydrogen (secondary N) is 1. The molecule has 7 heteroatoms. The predicted octanol–water partition coefficient (Wildman–Crippen LogP) is 3.40. The molecule has 0 saturated carbocycles. The molecule has 0 fully saturated rings. The Bertz CT molecular complexity index is 953. The van der Waals surface area contributed by atoms with Gasteiger partial charge in [0.05, 0.1) is 11.5 Å². The molecule has 3 aromatic rings. The molecule has 0 saturated heterocycles. The van der Waals surface area contributed by atoms with Crippen LogP contribution in [0, 0.1) is 0 Å². The van der Waals surface area contributed by atoms with Gasteiger partial charge in [0.1, 0.15) is 17.2 Å². The lowest BCUT2D eigenvalue weighted by molar-refractivity contribution is 0.126. The maximum Gasteiger partial charge on any atom is 0.260 e. The van der Waals surface area contributed by atoms with E-state index >= 15 is 0 Å². The fraction of sp³-hybridized carbons (Fsp3) is 0.368. The Labute approximate surface area is 159 Å². The van der Waals surface area contributed by atoms with E-state index in [1.165, 1.54) is 28.6 Å². The second-order valence-corrected chi connectivity index (χ2v) is 8.44. The molecule has 1 atom stereocenters. The zero-order chi connectivity index (χ0) is 17.9. The van der Waals surface area contributed by atoms with E-state index in [2.05, 4.69) is 9.97 Å². The molecule has 5 nitrogen and oxygen atoms in total. The molecular formula is C19H20N2O3S2. The first-order valence-corrected chi connectivity index (χ1v) is 10.5. The van der Waals surface area contributed by atoms with E-state index in [1.807, 2.05) is 30.3 Å². The molecule has 1 aromatic carbocycles. The average molecular weight is 389 g/mol. The molecule has 1 aliphatic carbocycles. The lowest BCUT2D eigenvalue weighted by Crippen LogP contribution is -2.20. The predicted molar refractivity (Wildman–Crippen MR) is 106 cm³/mol. The minimum atomic E-state index is -0.641. The minimum absolute atomic E-state index is 0.0630. The number of nitrogens with zero attached hydrogens (tertiary/aromatic N) is 1. The number of hydrogen-bond donors (Lipinski definition) is 2. The van der Waals surface area contributed by atoms with Crippen molar-refractivity contribution in [2.75, 3.05) is 12.4 Å². The third-order valence-electron chi connectivity index (χ3n) is 4.40. The number of aryl methyl sites for hydroxylation is 2. The number of rotatable bonds is 6. The van der Waals surface area contributed by atoms with Gasteiger partial charge in [0.2, 0.25) is 0 Å².